The predicted octanol–water partition coefficient (Wildman–Crippen LogP) is 1.36. The molecule has 8 heteroatoms. The number of rotatable bonds is 5. The number of methoxy groups -OCH3 is 1. The first kappa shape index (κ1) is 19.8. The highest BCUT2D eigenvalue weighted by molar-refractivity contribution is 5.87. The number of nitrogens with zero attached hydrogens (tertiary/aromatic N) is 2. The van der Waals surface area contributed by atoms with Gasteiger partial charge in [0, 0.05) is 24.5 Å². The molecule has 29 heavy (non-hydrogen) atoms. The zero-order valence-electron chi connectivity index (χ0n) is 16.6. The normalized spacial score (nSPS) is 30.0. The number of aromatic nitrogens is 1. The maximum Gasteiger partial charge on any atom is 0.308 e. The molecule has 2 atom stereocenters. The Balaban J connectivity index is 1.46. The Morgan fingerprint density at radius 1 is 1.21 bits per heavy atom. The van der Waals surface area contributed by atoms with Crippen LogP contribution in [0, 0.1) is 5.92 Å². The van der Waals surface area contributed by atoms with Crippen LogP contribution in [0.25, 0.3) is 0 Å². The lowest BCUT2D eigenvalue weighted by atomic mass is 9.86. The van der Waals surface area contributed by atoms with Crippen LogP contribution in [0.4, 0.5) is 0 Å². The quantitative estimate of drug-likeness (QED) is 0.748. The predicted molar refractivity (Wildman–Crippen MR) is 102 cm³/mol. The third-order valence-corrected chi connectivity index (χ3v) is 6.09. The molecular formula is C21H27N3O5. The molecule has 156 valence electrons. The van der Waals surface area contributed by atoms with Crippen molar-refractivity contribution in [2.75, 3.05) is 13.7 Å². The Bertz CT molecular complexity index is 759. The maximum atomic E-state index is 13.1. The molecule has 0 unspecified atom stereocenters. The van der Waals surface area contributed by atoms with Crippen molar-refractivity contribution in [3.63, 3.8) is 0 Å². The van der Waals surface area contributed by atoms with Gasteiger partial charge in [0.1, 0.15) is 6.61 Å². The van der Waals surface area contributed by atoms with Crippen LogP contribution >= 0.6 is 0 Å². The standard InChI is InChI=1S/C21H27N3O5/c1-28-21(27)13-4-6-15(7-5-13)23-20(26)19-18(14-3-2-10-22-11-14)24(16-8-9-16)17(25)12-29-19/h2-3,10-11,13,15-16,18-19H,4-9,12H2,1H3,(H,23,26)/t13?,15?,18-,19+/m1/s1. The van der Waals surface area contributed by atoms with Crippen molar-refractivity contribution in [2.45, 2.75) is 62.8 Å². The van der Waals surface area contributed by atoms with E-state index in [1.165, 1.54) is 7.11 Å². The van der Waals surface area contributed by atoms with Gasteiger partial charge in [0.15, 0.2) is 6.10 Å². The van der Waals surface area contributed by atoms with Crippen molar-refractivity contribution in [3.8, 4) is 0 Å². The summed E-state index contributed by atoms with van der Waals surface area (Å²) < 4.78 is 10.6. The van der Waals surface area contributed by atoms with Crippen LogP contribution in [-0.2, 0) is 23.9 Å². The molecule has 1 N–H and O–H groups in total. The third kappa shape index (κ3) is 4.27. The number of hydrogen-bond donors (Lipinski definition) is 1. The number of carbonyl (C=O) groups excluding carboxylic acids is 3. The van der Waals surface area contributed by atoms with Gasteiger partial charge in [0.05, 0.1) is 19.1 Å². The lowest BCUT2D eigenvalue weighted by Crippen LogP contribution is -2.56. The molecule has 3 aliphatic rings. The number of ether oxygens (including phenoxy) is 2. The summed E-state index contributed by atoms with van der Waals surface area (Å²) in [6, 6.07) is 3.39. The van der Waals surface area contributed by atoms with Crippen molar-refractivity contribution in [1.29, 1.82) is 0 Å². The second-order valence-electron chi connectivity index (χ2n) is 8.08. The van der Waals surface area contributed by atoms with E-state index >= 15 is 0 Å². The summed E-state index contributed by atoms with van der Waals surface area (Å²) in [4.78, 5) is 43.4. The Morgan fingerprint density at radius 2 is 1.97 bits per heavy atom. The number of carbonyl (C=O) groups is 3. The summed E-state index contributed by atoms with van der Waals surface area (Å²) in [5.74, 6) is -0.562. The molecule has 1 aromatic rings. The van der Waals surface area contributed by atoms with Gasteiger partial charge in [0.25, 0.3) is 5.91 Å². The second kappa shape index (κ2) is 8.49. The molecule has 2 aliphatic carbocycles. The molecule has 8 nitrogen and oxygen atoms in total. The summed E-state index contributed by atoms with van der Waals surface area (Å²) >= 11 is 0. The summed E-state index contributed by atoms with van der Waals surface area (Å²) in [5.41, 5.74) is 0.807. The highest BCUT2D eigenvalue weighted by Crippen LogP contribution is 2.39. The molecule has 2 heterocycles. The Morgan fingerprint density at radius 3 is 2.59 bits per heavy atom. The van der Waals surface area contributed by atoms with E-state index in [1.807, 2.05) is 17.0 Å². The van der Waals surface area contributed by atoms with Gasteiger partial charge in [-0.3, -0.25) is 19.4 Å². The second-order valence-corrected chi connectivity index (χ2v) is 8.08. The zero-order chi connectivity index (χ0) is 20.4. The third-order valence-electron chi connectivity index (χ3n) is 6.09. The lowest BCUT2D eigenvalue weighted by molar-refractivity contribution is -0.165. The minimum atomic E-state index is -0.768. The number of morpholine rings is 1. The molecule has 1 saturated heterocycles. The van der Waals surface area contributed by atoms with E-state index in [0.717, 1.165) is 31.2 Å². The van der Waals surface area contributed by atoms with Crippen molar-refractivity contribution in [1.82, 2.24) is 15.2 Å². The monoisotopic (exact) mass is 401 g/mol. The number of amides is 2. The molecule has 1 aromatic heterocycles. The minimum Gasteiger partial charge on any atom is -0.469 e. The van der Waals surface area contributed by atoms with Crippen molar-refractivity contribution in [3.05, 3.63) is 30.1 Å². The van der Waals surface area contributed by atoms with E-state index in [1.54, 1.807) is 12.4 Å². The Labute approximate surface area is 169 Å². The van der Waals surface area contributed by atoms with Gasteiger partial charge >= 0.3 is 5.97 Å². The lowest BCUT2D eigenvalue weighted by Gasteiger charge is -2.41. The van der Waals surface area contributed by atoms with Crippen LogP contribution in [0.2, 0.25) is 0 Å². The fourth-order valence-electron chi connectivity index (χ4n) is 4.44. The SMILES string of the molecule is COC(=O)C1CCC(NC(=O)[C@H]2OCC(=O)N(C3CC3)[C@@H]2c2cccnc2)CC1. The van der Waals surface area contributed by atoms with E-state index in [9.17, 15) is 14.4 Å². The van der Waals surface area contributed by atoms with Gasteiger partial charge in [-0.25, -0.2) is 0 Å². The van der Waals surface area contributed by atoms with Crippen LogP contribution < -0.4 is 5.32 Å². The molecule has 0 bridgehead atoms. The van der Waals surface area contributed by atoms with Gasteiger partial charge in [-0.05, 0) is 50.2 Å². The van der Waals surface area contributed by atoms with Crippen LogP contribution in [0.15, 0.2) is 24.5 Å². The molecule has 0 aromatic carbocycles. The number of hydrogen-bond acceptors (Lipinski definition) is 6. The van der Waals surface area contributed by atoms with Gasteiger partial charge in [-0.15, -0.1) is 0 Å². The highest BCUT2D eigenvalue weighted by Gasteiger charge is 2.47. The van der Waals surface area contributed by atoms with E-state index in [4.69, 9.17) is 9.47 Å². The van der Waals surface area contributed by atoms with E-state index in [2.05, 4.69) is 10.3 Å². The smallest absolute Gasteiger partial charge is 0.308 e. The fourth-order valence-corrected chi connectivity index (χ4v) is 4.44. The first-order valence-corrected chi connectivity index (χ1v) is 10.3. The molecule has 0 spiro atoms. The summed E-state index contributed by atoms with van der Waals surface area (Å²) in [5, 5.41) is 3.09. The topological polar surface area (TPSA) is 97.8 Å². The maximum absolute atomic E-state index is 13.1. The molecular weight excluding hydrogens is 374 g/mol. The molecule has 1 aliphatic heterocycles. The van der Waals surface area contributed by atoms with E-state index < -0.39 is 12.1 Å². The minimum absolute atomic E-state index is 0.00597. The van der Waals surface area contributed by atoms with Gasteiger partial charge in [0.2, 0.25) is 5.91 Å². The fraction of sp³-hybridized carbons (Fsp3) is 0.619. The molecule has 3 fully saturated rings. The summed E-state index contributed by atoms with van der Waals surface area (Å²) in [6.45, 7) is -0.0829. The van der Waals surface area contributed by atoms with Crippen molar-refractivity contribution >= 4 is 17.8 Å². The number of esters is 1. The Hall–Kier alpha value is -2.48. The van der Waals surface area contributed by atoms with Crippen molar-refractivity contribution in [2.24, 2.45) is 5.92 Å². The van der Waals surface area contributed by atoms with Crippen molar-refractivity contribution < 1.29 is 23.9 Å². The summed E-state index contributed by atoms with van der Waals surface area (Å²) in [7, 11) is 1.40. The van der Waals surface area contributed by atoms with Crippen LogP contribution in [-0.4, -0.2) is 59.6 Å². The number of pyridine rings is 1. The molecule has 4 rings (SSSR count). The average molecular weight is 401 g/mol. The molecule has 2 saturated carbocycles. The average Bonchev–Trinajstić information content (AvgIpc) is 3.59. The van der Waals surface area contributed by atoms with E-state index in [0.29, 0.717) is 12.8 Å². The van der Waals surface area contributed by atoms with E-state index in [-0.39, 0.29) is 42.4 Å². The zero-order valence-corrected chi connectivity index (χ0v) is 16.6. The van der Waals surface area contributed by atoms with Crippen LogP contribution in [0.1, 0.15) is 50.1 Å². The van der Waals surface area contributed by atoms with Gasteiger partial charge in [-0.1, -0.05) is 6.07 Å². The number of nitrogens with one attached hydrogen (secondary N) is 1. The van der Waals surface area contributed by atoms with Gasteiger partial charge in [-0.2, -0.15) is 0 Å². The first-order valence-electron chi connectivity index (χ1n) is 10.3. The highest BCUT2D eigenvalue weighted by atomic mass is 16.5. The largest absolute Gasteiger partial charge is 0.469 e. The van der Waals surface area contributed by atoms with Crippen LogP contribution in [0.3, 0.4) is 0 Å². The van der Waals surface area contributed by atoms with Gasteiger partial charge < -0.3 is 19.7 Å². The molecule has 0 radical (unpaired) electrons. The summed E-state index contributed by atoms with van der Waals surface area (Å²) in [6.07, 6.45) is 7.35. The van der Waals surface area contributed by atoms with Crippen LogP contribution in [0.5, 0.6) is 0 Å². The molecule has 2 amide bonds. The Kier molecular flexibility index (Phi) is 5.80. The first-order chi connectivity index (χ1) is 14.1.